The second-order valence-electron chi connectivity index (χ2n) is 4.47. The SMILES string of the molecule is O=C1C(CCCO)OCCN1Cc1ccccc1. The van der Waals surface area contributed by atoms with Gasteiger partial charge in [0.2, 0.25) is 0 Å². The fourth-order valence-electron chi connectivity index (χ4n) is 2.13. The molecule has 1 aromatic rings. The summed E-state index contributed by atoms with van der Waals surface area (Å²) in [6.07, 6.45) is 0.825. The maximum atomic E-state index is 12.2. The van der Waals surface area contributed by atoms with Crippen molar-refractivity contribution in [3.63, 3.8) is 0 Å². The second-order valence-corrected chi connectivity index (χ2v) is 4.47. The van der Waals surface area contributed by atoms with Gasteiger partial charge in [0.05, 0.1) is 6.61 Å². The van der Waals surface area contributed by atoms with Gasteiger partial charge >= 0.3 is 0 Å². The molecule has 1 aromatic carbocycles. The van der Waals surface area contributed by atoms with E-state index in [4.69, 9.17) is 9.84 Å². The lowest BCUT2D eigenvalue weighted by Crippen LogP contribution is -2.47. The topological polar surface area (TPSA) is 49.8 Å². The predicted molar refractivity (Wildman–Crippen MR) is 67.9 cm³/mol. The van der Waals surface area contributed by atoms with E-state index in [0.29, 0.717) is 32.5 Å². The third-order valence-electron chi connectivity index (χ3n) is 3.11. The van der Waals surface area contributed by atoms with Gasteiger partial charge in [0.15, 0.2) is 0 Å². The monoisotopic (exact) mass is 249 g/mol. The number of rotatable bonds is 5. The van der Waals surface area contributed by atoms with E-state index in [-0.39, 0.29) is 18.6 Å². The average Bonchev–Trinajstić information content (AvgIpc) is 2.41. The maximum absolute atomic E-state index is 12.2. The lowest BCUT2D eigenvalue weighted by Gasteiger charge is -2.32. The summed E-state index contributed by atoms with van der Waals surface area (Å²) in [6, 6.07) is 9.96. The van der Waals surface area contributed by atoms with Crippen molar-refractivity contribution >= 4 is 5.91 Å². The van der Waals surface area contributed by atoms with Crippen molar-refractivity contribution in [2.45, 2.75) is 25.5 Å². The molecule has 1 aliphatic rings. The molecule has 98 valence electrons. The normalized spacial score (nSPS) is 20.2. The zero-order valence-electron chi connectivity index (χ0n) is 10.4. The minimum atomic E-state index is -0.380. The summed E-state index contributed by atoms with van der Waals surface area (Å²) in [5, 5.41) is 8.80. The predicted octanol–water partition coefficient (Wildman–Crippen LogP) is 1.19. The molecule has 1 aliphatic heterocycles. The molecular formula is C14H19NO3. The molecule has 0 spiro atoms. The molecule has 0 aromatic heterocycles. The quantitative estimate of drug-likeness (QED) is 0.852. The Bertz CT molecular complexity index is 380. The third-order valence-corrected chi connectivity index (χ3v) is 3.11. The van der Waals surface area contributed by atoms with Gasteiger partial charge < -0.3 is 14.7 Å². The lowest BCUT2D eigenvalue weighted by atomic mass is 10.1. The summed E-state index contributed by atoms with van der Waals surface area (Å²) in [6.45, 7) is 1.96. The van der Waals surface area contributed by atoms with Gasteiger partial charge in [-0.1, -0.05) is 30.3 Å². The first-order valence-corrected chi connectivity index (χ1v) is 6.36. The Kier molecular flexibility index (Phi) is 4.73. The summed E-state index contributed by atoms with van der Waals surface area (Å²) in [5.41, 5.74) is 1.13. The number of amides is 1. The highest BCUT2D eigenvalue weighted by Gasteiger charge is 2.28. The molecule has 4 nitrogen and oxygen atoms in total. The van der Waals surface area contributed by atoms with Crippen molar-refractivity contribution in [3.8, 4) is 0 Å². The van der Waals surface area contributed by atoms with E-state index < -0.39 is 0 Å². The fourth-order valence-corrected chi connectivity index (χ4v) is 2.13. The summed E-state index contributed by atoms with van der Waals surface area (Å²) >= 11 is 0. The molecule has 1 saturated heterocycles. The van der Waals surface area contributed by atoms with E-state index in [1.54, 1.807) is 0 Å². The second kappa shape index (κ2) is 6.52. The molecule has 4 heteroatoms. The Hall–Kier alpha value is -1.39. The molecule has 1 N–H and O–H groups in total. The van der Waals surface area contributed by atoms with Gasteiger partial charge in [0.1, 0.15) is 6.10 Å². The highest BCUT2D eigenvalue weighted by atomic mass is 16.5. The number of ether oxygens (including phenoxy) is 1. The van der Waals surface area contributed by atoms with Crippen LogP contribution in [0.4, 0.5) is 0 Å². The smallest absolute Gasteiger partial charge is 0.252 e. The molecule has 18 heavy (non-hydrogen) atoms. The maximum Gasteiger partial charge on any atom is 0.252 e. The molecule has 1 heterocycles. The van der Waals surface area contributed by atoms with Crippen LogP contribution in [0, 0.1) is 0 Å². The van der Waals surface area contributed by atoms with E-state index in [9.17, 15) is 4.79 Å². The lowest BCUT2D eigenvalue weighted by molar-refractivity contribution is -0.154. The fraction of sp³-hybridized carbons (Fsp3) is 0.500. The average molecular weight is 249 g/mol. The molecule has 1 atom stereocenters. The van der Waals surface area contributed by atoms with Crippen LogP contribution in [0.25, 0.3) is 0 Å². The van der Waals surface area contributed by atoms with Gasteiger partial charge in [-0.15, -0.1) is 0 Å². The van der Waals surface area contributed by atoms with E-state index in [0.717, 1.165) is 5.56 Å². The van der Waals surface area contributed by atoms with E-state index in [1.807, 2.05) is 35.2 Å². The van der Waals surface area contributed by atoms with Gasteiger partial charge in [-0.2, -0.15) is 0 Å². The number of aliphatic hydroxyl groups is 1. The standard InChI is InChI=1S/C14H19NO3/c16-9-4-7-13-14(17)15(8-10-18-13)11-12-5-2-1-3-6-12/h1-3,5-6,13,16H,4,7-11H2. The summed E-state index contributed by atoms with van der Waals surface area (Å²) in [5.74, 6) is 0.0403. The van der Waals surface area contributed by atoms with Gasteiger partial charge in [-0.3, -0.25) is 4.79 Å². The highest BCUT2D eigenvalue weighted by Crippen LogP contribution is 2.15. The molecular weight excluding hydrogens is 230 g/mol. The summed E-state index contributed by atoms with van der Waals surface area (Å²) < 4.78 is 5.46. The van der Waals surface area contributed by atoms with Gasteiger partial charge in [0, 0.05) is 19.7 Å². The molecule has 0 radical (unpaired) electrons. The number of hydrogen-bond donors (Lipinski definition) is 1. The van der Waals surface area contributed by atoms with Crippen LogP contribution in [0.3, 0.4) is 0 Å². The first kappa shape index (κ1) is 13.1. The largest absolute Gasteiger partial charge is 0.396 e. The van der Waals surface area contributed by atoms with Crippen molar-refractivity contribution in [1.82, 2.24) is 4.90 Å². The highest BCUT2D eigenvalue weighted by molar-refractivity contribution is 5.81. The molecule has 2 rings (SSSR count). The summed E-state index contributed by atoms with van der Waals surface area (Å²) in [4.78, 5) is 14.0. The number of aliphatic hydroxyl groups excluding tert-OH is 1. The number of hydrogen-bond acceptors (Lipinski definition) is 3. The molecule has 0 bridgehead atoms. The Morgan fingerprint density at radius 3 is 2.83 bits per heavy atom. The first-order valence-electron chi connectivity index (χ1n) is 6.36. The van der Waals surface area contributed by atoms with Crippen LogP contribution in [0.5, 0.6) is 0 Å². The Balaban J connectivity index is 1.94. The minimum Gasteiger partial charge on any atom is -0.396 e. The van der Waals surface area contributed by atoms with Crippen LogP contribution in [0.1, 0.15) is 18.4 Å². The number of benzene rings is 1. The Morgan fingerprint density at radius 2 is 2.11 bits per heavy atom. The zero-order valence-corrected chi connectivity index (χ0v) is 10.4. The van der Waals surface area contributed by atoms with Gasteiger partial charge in [0.25, 0.3) is 5.91 Å². The molecule has 1 unspecified atom stereocenters. The van der Waals surface area contributed by atoms with Gasteiger partial charge in [-0.25, -0.2) is 0 Å². The number of nitrogens with zero attached hydrogens (tertiary/aromatic N) is 1. The van der Waals surface area contributed by atoms with Crippen molar-refractivity contribution < 1.29 is 14.6 Å². The van der Waals surface area contributed by atoms with Crippen LogP contribution in [0.2, 0.25) is 0 Å². The zero-order chi connectivity index (χ0) is 12.8. The van der Waals surface area contributed by atoms with Crippen LogP contribution in [0.15, 0.2) is 30.3 Å². The number of carbonyl (C=O) groups is 1. The van der Waals surface area contributed by atoms with Crippen molar-refractivity contribution in [2.24, 2.45) is 0 Å². The van der Waals surface area contributed by atoms with Crippen LogP contribution in [-0.2, 0) is 16.1 Å². The molecule has 0 saturated carbocycles. The van der Waals surface area contributed by atoms with Gasteiger partial charge in [-0.05, 0) is 18.4 Å². The number of carbonyl (C=O) groups excluding carboxylic acids is 1. The Labute approximate surface area is 107 Å². The van der Waals surface area contributed by atoms with Crippen molar-refractivity contribution in [2.75, 3.05) is 19.8 Å². The van der Waals surface area contributed by atoms with Crippen molar-refractivity contribution in [1.29, 1.82) is 0 Å². The van der Waals surface area contributed by atoms with E-state index >= 15 is 0 Å². The number of morpholine rings is 1. The molecule has 1 fully saturated rings. The third kappa shape index (κ3) is 3.31. The minimum absolute atomic E-state index is 0.0403. The molecule has 0 aliphatic carbocycles. The van der Waals surface area contributed by atoms with E-state index in [1.165, 1.54) is 0 Å². The summed E-state index contributed by atoms with van der Waals surface area (Å²) in [7, 11) is 0. The van der Waals surface area contributed by atoms with Crippen LogP contribution in [-0.4, -0.2) is 41.8 Å². The van der Waals surface area contributed by atoms with Crippen molar-refractivity contribution in [3.05, 3.63) is 35.9 Å². The van der Waals surface area contributed by atoms with Crippen LogP contribution >= 0.6 is 0 Å². The molecule has 1 amide bonds. The van der Waals surface area contributed by atoms with E-state index in [2.05, 4.69) is 0 Å². The first-order chi connectivity index (χ1) is 8.81. The van der Waals surface area contributed by atoms with Crippen LogP contribution < -0.4 is 0 Å². The Morgan fingerprint density at radius 1 is 1.33 bits per heavy atom.